The van der Waals surface area contributed by atoms with Gasteiger partial charge < -0.3 is 10.1 Å². The van der Waals surface area contributed by atoms with E-state index in [1.807, 2.05) is 6.92 Å². The van der Waals surface area contributed by atoms with Crippen LogP contribution < -0.4 is 15.0 Å². The van der Waals surface area contributed by atoms with E-state index < -0.39 is 17.0 Å². The molecule has 0 saturated carbocycles. The molecule has 0 aromatic heterocycles. The molecule has 1 heterocycles. The van der Waals surface area contributed by atoms with Crippen molar-refractivity contribution in [1.29, 1.82) is 0 Å². The van der Waals surface area contributed by atoms with Crippen molar-refractivity contribution in [3.05, 3.63) is 84.2 Å². The average molecular weight is 465 g/mol. The number of ether oxygens (including phenoxy) is 1. The number of carbonyl (C=O) groups is 3. The van der Waals surface area contributed by atoms with Gasteiger partial charge in [-0.3, -0.25) is 14.4 Å². The summed E-state index contributed by atoms with van der Waals surface area (Å²) in [7, 11) is 0. The zero-order chi connectivity index (χ0) is 23.4. The molecule has 1 fully saturated rings. The molecule has 1 N–H and O–H groups in total. The molecule has 0 spiro atoms. The molecule has 1 aliphatic rings. The van der Waals surface area contributed by atoms with Crippen LogP contribution in [0.5, 0.6) is 5.75 Å². The number of imide groups is 1. The molecule has 8 heteroatoms. The molecule has 3 aromatic rings. The van der Waals surface area contributed by atoms with Crippen molar-refractivity contribution in [2.75, 3.05) is 16.8 Å². The number of rotatable bonds is 7. The highest BCUT2D eigenvalue weighted by Crippen LogP contribution is 2.35. The first kappa shape index (κ1) is 22.5. The van der Waals surface area contributed by atoms with E-state index in [9.17, 15) is 18.8 Å². The Morgan fingerprint density at radius 1 is 1.06 bits per heavy atom. The second-order valence-corrected chi connectivity index (χ2v) is 8.54. The maximum Gasteiger partial charge on any atom is 0.258 e. The molecule has 0 aliphatic carbocycles. The van der Waals surface area contributed by atoms with Crippen LogP contribution in [0.2, 0.25) is 0 Å². The van der Waals surface area contributed by atoms with Gasteiger partial charge >= 0.3 is 0 Å². The Balaban J connectivity index is 1.40. The molecule has 6 nitrogen and oxygen atoms in total. The quantitative estimate of drug-likeness (QED) is 0.504. The Morgan fingerprint density at radius 3 is 2.42 bits per heavy atom. The number of benzene rings is 3. The molecule has 4 rings (SSSR count). The molecular formula is C25H21FN2O4S. The Morgan fingerprint density at radius 2 is 1.76 bits per heavy atom. The Labute approximate surface area is 194 Å². The first-order chi connectivity index (χ1) is 16.0. The van der Waals surface area contributed by atoms with E-state index in [2.05, 4.69) is 5.32 Å². The van der Waals surface area contributed by atoms with Crippen molar-refractivity contribution in [1.82, 2.24) is 0 Å². The highest BCUT2D eigenvalue weighted by atomic mass is 32.2. The summed E-state index contributed by atoms with van der Waals surface area (Å²) >= 11 is 1.29. The van der Waals surface area contributed by atoms with Crippen LogP contribution in [0.4, 0.5) is 15.8 Å². The minimum atomic E-state index is -0.594. The van der Waals surface area contributed by atoms with E-state index in [1.165, 1.54) is 34.9 Å². The third kappa shape index (κ3) is 5.06. The van der Waals surface area contributed by atoms with Crippen LogP contribution in [-0.2, 0) is 9.59 Å². The van der Waals surface area contributed by atoms with Gasteiger partial charge in [0.25, 0.3) is 5.91 Å². The Hall–Kier alpha value is -3.65. The summed E-state index contributed by atoms with van der Waals surface area (Å²) in [5.74, 6) is -0.991. The lowest BCUT2D eigenvalue weighted by Crippen LogP contribution is -2.31. The number of nitrogens with zero attached hydrogens (tertiary/aromatic N) is 1. The van der Waals surface area contributed by atoms with Crippen LogP contribution in [0.25, 0.3) is 0 Å². The highest BCUT2D eigenvalue weighted by molar-refractivity contribution is 8.00. The predicted octanol–water partition coefficient (Wildman–Crippen LogP) is 4.90. The number of nitrogens with one attached hydrogen (secondary N) is 1. The summed E-state index contributed by atoms with van der Waals surface area (Å²) in [6.45, 7) is 2.41. The van der Waals surface area contributed by atoms with Crippen molar-refractivity contribution in [3.63, 3.8) is 0 Å². The second kappa shape index (κ2) is 9.87. The number of halogens is 1. The lowest BCUT2D eigenvalue weighted by atomic mass is 10.2. The van der Waals surface area contributed by atoms with Crippen LogP contribution >= 0.6 is 11.8 Å². The highest BCUT2D eigenvalue weighted by Gasteiger charge is 2.40. The Kier molecular flexibility index (Phi) is 6.74. The molecule has 0 radical (unpaired) electrons. The van der Waals surface area contributed by atoms with Crippen molar-refractivity contribution in [3.8, 4) is 5.75 Å². The van der Waals surface area contributed by atoms with Crippen LogP contribution in [0.3, 0.4) is 0 Å². The van der Waals surface area contributed by atoms with E-state index in [0.29, 0.717) is 23.7 Å². The van der Waals surface area contributed by atoms with Crippen molar-refractivity contribution in [2.45, 2.75) is 23.5 Å². The summed E-state index contributed by atoms with van der Waals surface area (Å²) in [5, 5.41) is 2.11. The molecular weight excluding hydrogens is 443 g/mol. The molecule has 1 unspecified atom stereocenters. The molecule has 1 atom stereocenters. The van der Waals surface area contributed by atoms with Gasteiger partial charge in [-0.25, -0.2) is 9.29 Å². The third-order valence-electron chi connectivity index (χ3n) is 5.02. The minimum absolute atomic E-state index is 0.0413. The minimum Gasteiger partial charge on any atom is -0.494 e. The van der Waals surface area contributed by atoms with Gasteiger partial charge in [0.1, 0.15) is 11.6 Å². The number of thioether (sulfide) groups is 1. The third-order valence-corrected chi connectivity index (χ3v) is 6.22. The molecule has 33 heavy (non-hydrogen) atoms. The van der Waals surface area contributed by atoms with Crippen LogP contribution in [-0.4, -0.2) is 29.6 Å². The maximum atomic E-state index is 13.8. The molecule has 3 aromatic carbocycles. The van der Waals surface area contributed by atoms with Crippen LogP contribution in [0.1, 0.15) is 23.7 Å². The predicted molar refractivity (Wildman–Crippen MR) is 125 cm³/mol. The van der Waals surface area contributed by atoms with Gasteiger partial charge in [0.15, 0.2) is 0 Å². The van der Waals surface area contributed by atoms with Gasteiger partial charge in [-0.1, -0.05) is 12.1 Å². The summed E-state index contributed by atoms with van der Waals surface area (Å²) in [6.07, 6.45) is 0.0997. The zero-order valence-electron chi connectivity index (χ0n) is 17.8. The molecule has 3 amide bonds. The molecule has 1 aliphatic heterocycles. The van der Waals surface area contributed by atoms with E-state index in [1.54, 1.807) is 54.6 Å². The molecule has 0 bridgehead atoms. The van der Waals surface area contributed by atoms with Gasteiger partial charge in [-0.15, -0.1) is 11.8 Å². The second-order valence-electron chi connectivity index (χ2n) is 7.26. The van der Waals surface area contributed by atoms with E-state index in [0.717, 1.165) is 4.90 Å². The fourth-order valence-corrected chi connectivity index (χ4v) is 4.50. The number of carbonyl (C=O) groups excluding carboxylic acids is 3. The maximum absolute atomic E-state index is 13.8. The van der Waals surface area contributed by atoms with E-state index >= 15 is 0 Å². The number of hydrogen-bond acceptors (Lipinski definition) is 5. The van der Waals surface area contributed by atoms with Crippen LogP contribution in [0.15, 0.2) is 77.7 Å². The van der Waals surface area contributed by atoms with Crippen molar-refractivity contribution in [2.24, 2.45) is 0 Å². The van der Waals surface area contributed by atoms with Crippen LogP contribution in [0, 0.1) is 5.82 Å². The largest absolute Gasteiger partial charge is 0.494 e. The normalized spacial score (nSPS) is 15.6. The van der Waals surface area contributed by atoms with Gasteiger partial charge in [0.05, 0.1) is 23.1 Å². The Bertz CT molecular complexity index is 1180. The SMILES string of the molecule is CCOc1ccc(N2C(=O)CC(Sc3ccc(NC(=O)c4ccccc4F)cc3)C2=O)cc1. The van der Waals surface area contributed by atoms with Gasteiger partial charge in [-0.2, -0.15) is 0 Å². The fourth-order valence-electron chi connectivity index (χ4n) is 3.45. The summed E-state index contributed by atoms with van der Waals surface area (Å²) in [4.78, 5) is 39.6. The lowest BCUT2D eigenvalue weighted by Gasteiger charge is -2.15. The summed E-state index contributed by atoms with van der Waals surface area (Å²) in [6, 6.07) is 19.4. The van der Waals surface area contributed by atoms with E-state index in [-0.39, 0.29) is 23.8 Å². The van der Waals surface area contributed by atoms with Crippen molar-refractivity contribution < 1.29 is 23.5 Å². The smallest absolute Gasteiger partial charge is 0.258 e. The monoisotopic (exact) mass is 464 g/mol. The lowest BCUT2D eigenvalue weighted by molar-refractivity contribution is -0.121. The first-order valence-corrected chi connectivity index (χ1v) is 11.3. The summed E-state index contributed by atoms with van der Waals surface area (Å²) in [5.41, 5.74) is 0.973. The van der Waals surface area contributed by atoms with E-state index in [4.69, 9.17) is 4.74 Å². The fraction of sp³-hybridized carbons (Fsp3) is 0.160. The number of amides is 3. The average Bonchev–Trinajstić information content (AvgIpc) is 3.09. The topological polar surface area (TPSA) is 75.7 Å². The zero-order valence-corrected chi connectivity index (χ0v) is 18.6. The van der Waals surface area contributed by atoms with Gasteiger partial charge in [-0.05, 0) is 67.6 Å². The van der Waals surface area contributed by atoms with Gasteiger partial charge in [0.2, 0.25) is 11.8 Å². The molecule has 1 saturated heterocycles. The first-order valence-electron chi connectivity index (χ1n) is 10.4. The standard InChI is InChI=1S/C25H21FN2O4S/c1-2-32-18-11-9-17(10-12-18)28-23(29)15-22(25(28)31)33-19-13-7-16(8-14-19)27-24(30)20-5-3-4-6-21(20)26/h3-14,22H,2,15H2,1H3,(H,27,30). The van der Waals surface area contributed by atoms with Crippen molar-refractivity contribution >= 4 is 40.9 Å². The summed E-state index contributed by atoms with van der Waals surface area (Å²) < 4.78 is 19.2. The number of anilines is 2. The number of hydrogen-bond donors (Lipinski definition) is 1. The van der Waals surface area contributed by atoms with Gasteiger partial charge in [0, 0.05) is 17.0 Å². The molecule has 168 valence electrons.